The highest BCUT2D eigenvalue weighted by atomic mass is 16.5. The Morgan fingerprint density at radius 2 is 2.16 bits per heavy atom. The van der Waals surface area contributed by atoms with Crippen LogP contribution < -0.4 is 16.0 Å². The molecule has 0 radical (unpaired) electrons. The first-order chi connectivity index (χ1) is 9.25. The minimum absolute atomic E-state index is 0.594. The molecule has 100 valence electrons. The monoisotopic (exact) mass is 259 g/mol. The van der Waals surface area contributed by atoms with Crippen LogP contribution >= 0.6 is 0 Å². The highest BCUT2D eigenvalue weighted by Gasteiger charge is 2.05. The molecule has 19 heavy (non-hydrogen) atoms. The molecule has 6 heteroatoms. The van der Waals surface area contributed by atoms with Gasteiger partial charge < -0.3 is 10.2 Å². The second-order valence-corrected chi connectivity index (χ2v) is 4.04. The predicted molar refractivity (Wildman–Crippen MR) is 72.8 cm³/mol. The Morgan fingerprint density at radius 3 is 2.74 bits per heavy atom. The van der Waals surface area contributed by atoms with E-state index in [9.17, 15) is 0 Å². The summed E-state index contributed by atoms with van der Waals surface area (Å²) in [5, 5.41) is 0. The van der Waals surface area contributed by atoms with Gasteiger partial charge >= 0.3 is 0 Å². The number of aromatic nitrogens is 3. The summed E-state index contributed by atoms with van der Waals surface area (Å²) in [6.45, 7) is 2.04. The number of nitrogens with two attached hydrogens (primary N) is 1. The average molecular weight is 259 g/mol. The molecular formula is C13H17N5O. The maximum Gasteiger partial charge on any atom is 0.212 e. The van der Waals surface area contributed by atoms with E-state index in [1.807, 2.05) is 25.1 Å². The summed E-state index contributed by atoms with van der Waals surface area (Å²) in [6, 6.07) is 5.61. The van der Waals surface area contributed by atoms with Crippen molar-refractivity contribution < 1.29 is 4.74 Å². The summed E-state index contributed by atoms with van der Waals surface area (Å²) in [5.41, 5.74) is 4.54. The van der Waals surface area contributed by atoms with E-state index in [1.54, 1.807) is 13.3 Å². The van der Waals surface area contributed by atoms with E-state index in [4.69, 9.17) is 10.6 Å². The Bertz CT molecular complexity index is 519. The number of nitrogen functional groups attached to an aromatic ring is 1. The maximum absolute atomic E-state index is 5.40. The molecule has 0 saturated carbocycles. The van der Waals surface area contributed by atoms with E-state index in [0.717, 1.165) is 23.5 Å². The van der Waals surface area contributed by atoms with Gasteiger partial charge in [-0.15, -0.1) is 0 Å². The van der Waals surface area contributed by atoms with E-state index in [2.05, 4.69) is 20.4 Å². The highest BCUT2D eigenvalue weighted by molar-refractivity contribution is 5.35. The fourth-order valence-corrected chi connectivity index (χ4v) is 1.71. The molecule has 2 aromatic heterocycles. The minimum atomic E-state index is 0.594. The van der Waals surface area contributed by atoms with Gasteiger partial charge in [0, 0.05) is 30.4 Å². The van der Waals surface area contributed by atoms with Gasteiger partial charge in [-0.25, -0.2) is 20.8 Å². The van der Waals surface area contributed by atoms with Crippen molar-refractivity contribution in [3.8, 4) is 5.88 Å². The fourth-order valence-electron chi connectivity index (χ4n) is 1.71. The largest absolute Gasteiger partial charge is 0.481 e. The second-order valence-electron chi connectivity index (χ2n) is 4.04. The van der Waals surface area contributed by atoms with Crippen LogP contribution in [0.5, 0.6) is 5.88 Å². The number of anilines is 1. The van der Waals surface area contributed by atoms with E-state index in [1.165, 1.54) is 0 Å². The molecule has 2 aromatic rings. The van der Waals surface area contributed by atoms with E-state index in [0.29, 0.717) is 18.1 Å². The number of hydrogen-bond acceptors (Lipinski definition) is 6. The van der Waals surface area contributed by atoms with Gasteiger partial charge in [-0.1, -0.05) is 13.0 Å². The predicted octanol–water partition coefficient (Wildman–Crippen LogP) is 1.32. The van der Waals surface area contributed by atoms with Crippen LogP contribution in [-0.2, 0) is 12.8 Å². The lowest BCUT2D eigenvalue weighted by Gasteiger charge is -2.07. The number of rotatable bonds is 5. The molecule has 0 atom stereocenters. The Labute approximate surface area is 112 Å². The summed E-state index contributed by atoms with van der Waals surface area (Å²) in [7, 11) is 1.59. The summed E-state index contributed by atoms with van der Waals surface area (Å²) >= 11 is 0. The van der Waals surface area contributed by atoms with E-state index < -0.39 is 0 Å². The van der Waals surface area contributed by atoms with Gasteiger partial charge in [0.2, 0.25) is 5.88 Å². The van der Waals surface area contributed by atoms with Crippen LogP contribution in [-0.4, -0.2) is 22.1 Å². The molecule has 0 fully saturated rings. The zero-order chi connectivity index (χ0) is 13.7. The van der Waals surface area contributed by atoms with Gasteiger partial charge in [-0.05, 0) is 12.0 Å². The molecule has 0 bridgehead atoms. The zero-order valence-corrected chi connectivity index (χ0v) is 11.1. The number of hydrazine groups is 1. The van der Waals surface area contributed by atoms with Crippen LogP contribution in [0.2, 0.25) is 0 Å². The van der Waals surface area contributed by atoms with E-state index in [-0.39, 0.29) is 0 Å². The summed E-state index contributed by atoms with van der Waals surface area (Å²) in [4.78, 5) is 13.0. The smallest absolute Gasteiger partial charge is 0.212 e. The van der Waals surface area contributed by atoms with Crippen LogP contribution in [0.3, 0.4) is 0 Å². The van der Waals surface area contributed by atoms with Gasteiger partial charge in [0.25, 0.3) is 0 Å². The number of ether oxygens (including phenoxy) is 1. The molecule has 0 aromatic carbocycles. The third kappa shape index (κ3) is 3.38. The van der Waals surface area contributed by atoms with Gasteiger partial charge in [0.05, 0.1) is 7.11 Å². The topological polar surface area (TPSA) is 86.0 Å². The molecule has 0 amide bonds. The molecule has 0 unspecified atom stereocenters. The first kappa shape index (κ1) is 13.2. The summed E-state index contributed by atoms with van der Waals surface area (Å²) in [5.74, 6) is 7.35. The van der Waals surface area contributed by atoms with Gasteiger partial charge in [-0.2, -0.15) is 0 Å². The van der Waals surface area contributed by atoms with Crippen molar-refractivity contribution in [3.63, 3.8) is 0 Å². The van der Waals surface area contributed by atoms with Crippen LogP contribution in [0.25, 0.3) is 0 Å². The standard InChI is InChI=1S/C13H17N5O/c1-3-10-7-12(18-14)17-11(16-10)6-9-4-5-13(19-2)15-8-9/h4-5,7-8H,3,6,14H2,1-2H3,(H,16,17,18). The quantitative estimate of drug-likeness (QED) is 0.622. The minimum Gasteiger partial charge on any atom is -0.481 e. The molecule has 2 heterocycles. The number of nitrogens with zero attached hydrogens (tertiary/aromatic N) is 3. The van der Waals surface area contributed by atoms with Crippen LogP contribution in [0.4, 0.5) is 5.82 Å². The van der Waals surface area contributed by atoms with Crippen molar-refractivity contribution in [2.45, 2.75) is 19.8 Å². The Balaban J connectivity index is 2.21. The third-order valence-electron chi connectivity index (χ3n) is 2.70. The van der Waals surface area contributed by atoms with E-state index >= 15 is 0 Å². The lowest BCUT2D eigenvalue weighted by Crippen LogP contribution is -2.11. The fraction of sp³-hybridized carbons (Fsp3) is 0.308. The van der Waals surface area contributed by atoms with Gasteiger partial charge in [0.15, 0.2) is 0 Å². The Hall–Kier alpha value is -2.21. The number of pyridine rings is 1. The second kappa shape index (κ2) is 6.10. The van der Waals surface area contributed by atoms with Crippen molar-refractivity contribution in [3.05, 3.63) is 41.5 Å². The van der Waals surface area contributed by atoms with Crippen LogP contribution in [0.15, 0.2) is 24.4 Å². The average Bonchev–Trinajstić information content (AvgIpc) is 2.47. The van der Waals surface area contributed by atoms with Gasteiger partial charge in [-0.3, -0.25) is 0 Å². The molecular weight excluding hydrogens is 242 g/mol. The number of methoxy groups -OCH3 is 1. The molecule has 0 aliphatic heterocycles. The normalized spacial score (nSPS) is 10.3. The zero-order valence-electron chi connectivity index (χ0n) is 11.1. The van der Waals surface area contributed by atoms with Crippen molar-refractivity contribution in [1.82, 2.24) is 15.0 Å². The highest BCUT2D eigenvalue weighted by Crippen LogP contribution is 2.12. The number of nitrogens with one attached hydrogen (secondary N) is 1. The van der Waals surface area contributed by atoms with Crippen molar-refractivity contribution in [1.29, 1.82) is 0 Å². The molecule has 0 saturated heterocycles. The lowest BCUT2D eigenvalue weighted by molar-refractivity contribution is 0.397. The van der Waals surface area contributed by atoms with Gasteiger partial charge in [0.1, 0.15) is 11.6 Å². The Kier molecular flexibility index (Phi) is 4.25. The number of hydrogen-bond donors (Lipinski definition) is 2. The van der Waals surface area contributed by atoms with Crippen molar-refractivity contribution >= 4 is 5.82 Å². The first-order valence-electron chi connectivity index (χ1n) is 6.07. The molecule has 2 rings (SSSR count). The van der Waals surface area contributed by atoms with Crippen LogP contribution in [0, 0.1) is 0 Å². The van der Waals surface area contributed by atoms with Crippen molar-refractivity contribution in [2.24, 2.45) is 5.84 Å². The summed E-state index contributed by atoms with van der Waals surface area (Å²) < 4.78 is 5.02. The molecule has 0 aliphatic carbocycles. The van der Waals surface area contributed by atoms with Crippen LogP contribution in [0.1, 0.15) is 24.0 Å². The lowest BCUT2D eigenvalue weighted by atomic mass is 10.2. The maximum atomic E-state index is 5.40. The number of aryl methyl sites for hydroxylation is 1. The molecule has 0 spiro atoms. The first-order valence-corrected chi connectivity index (χ1v) is 6.07. The summed E-state index contributed by atoms with van der Waals surface area (Å²) in [6.07, 6.45) is 3.21. The van der Waals surface area contributed by atoms with Crippen molar-refractivity contribution in [2.75, 3.05) is 12.5 Å². The Morgan fingerprint density at radius 1 is 1.32 bits per heavy atom. The molecule has 0 aliphatic rings. The third-order valence-corrected chi connectivity index (χ3v) is 2.70. The molecule has 3 N–H and O–H groups in total. The molecule has 6 nitrogen and oxygen atoms in total. The SMILES string of the molecule is CCc1cc(NN)nc(Cc2ccc(OC)nc2)n1.